The van der Waals surface area contributed by atoms with Gasteiger partial charge in [0.2, 0.25) is 0 Å². The van der Waals surface area contributed by atoms with Crippen molar-refractivity contribution in [3.05, 3.63) is 57.4 Å². The first-order valence-corrected chi connectivity index (χ1v) is 9.12. The minimum Gasteiger partial charge on any atom is -0.345 e. The van der Waals surface area contributed by atoms with Gasteiger partial charge >= 0.3 is 6.18 Å². The van der Waals surface area contributed by atoms with E-state index in [1.54, 1.807) is 13.8 Å². The van der Waals surface area contributed by atoms with Gasteiger partial charge in [0.1, 0.15) is 10.7 Å². The molecule has 1 aromatic carbocycles. The zero-order valence-corrected chi connectivity index (χ0v) is 16.0. The molecule has 2 aromatic heterocycles. The Labute approximate surface area is 158 Å². The normalized spacial score (nSPS) is 13.0. The molecule has 0 aliphatic rings. The Morgan fingerprint density at radius 2 is 1.74 bits per heavy atom. The van der Waals surface area contributed by atoms with E-state index < -0.39 is 17.8 Å². The van der Waals surface area contributed by atoms with Crippen LogP contribution in [0.2, 0.25) is 0 Å². The molecule has 0 saturated heterocycles. The van der Waals surface area contributed by atoms with Crippen molar-refractivity contribution in [2.45, 2.75) is 39.9 Å². The van der Waals surface area contributed by atoms with Crippen LogP contribution in [-0.4, -0.2) is 15.9 Å². The number of benzene rings is 1. The van der Waals surface area contributed by atoms with Crippen LogP contribution in [0.25, 0.3) is 10.2 Å². The first-order valence-electron chi connectivity index (χ1n) is 8.30. The zero-order chi connectivity index (χ0) is 19.9. The quantitative estimate of drug-likeness (QED) is 0.671. The predicted octanol–water partition coefficient (Wildman–Crippen LogP) is 5.13. The number of carbonyl (C=O) groups is 1. The Morgan fingerprint density at radius 1 is 1.11 bits per heavy atom. The molecule has 1 atom stereocenters. The van der Waals surface area contributed by atoms with E-state index in [2.05, 4.69) is 15.3 Å². The Bertz CT molecular complexity index is 1010. The minimum atomic E-state index is -4.38. The second-order valence-electron chi connectivity index (χ2n) is 6.41. The van der Waals surface area contributed by atoms with Crippen molar-refractivity contribution in [1.82, 2.24) is 15.3 Å². The molecule has 1 N–H and O–H groups in total. The van der Waals surface area contributed by atoms with Crippen LogP contribution in [0.1, 0.15) is 50.8 Å². The number of nitrogens with zero attached hydrogens (tertiary/aromatic N) is 2. The maximum atomic E-state index is 12.7. The Morgan fingerprint density at radius 3 is 2.33 bits per heavy atom. The van der Waals surface area contributed by atoms with Crippen molar-refractivity contribution in [2.24, 2.45) is 0 Å². The standard InChI is InChI=1S/C19H18F3N3OS/c1-9-15-11(3)23-12(4)25-18(15)27-16(9)17(26)24-10(2)13-5-7-14(8-6-13)19(20,21)22/h5-8,10H,1-4H3,(H,24,26). The number of rotatable bonds is 3. The van der Waals surface area contributed by atoms with E-state index in [0.717, 1.165) is 33.6 Å². The number of thiophene rings is 1. The molecular formula is C19H18F3N3OS. The third kappa shape index (κ3) is 3.80. The van der Waals surface area contributed by atoms with Crippen LogP contribution in [0.5, 0.6) is 0 Å². The molecule has 0 aliphatic carbocycles. The second kappa shape index (κ2) is 6.92. The van der Waals surface area contributed by atoms with E-state index in [9.17, 15) is 18.0 Å². The Balaban J connectivity index is 1.84. The topological polar surface area (TPSA) is 54.9 Å². The van der Waals surface area contributed by atoms with Gasteiger partial charge in [0.15, 0.2) is 0 Å². The number of fused-ring (bicyclic) bond motifs is 1. The minimum absolute atomic E-state index is 0.278. The van der Waals surface area contributed by atoms with E-state index in [0.29, 0.717) is 16.3 Å². The molecule has 3 rings (SSSR count). The highest BCUT2D eigenvalue weighted by atomic mass is 32.1. The van der Waals surface area contributed by atoms with E-state index in [1.165, 1.54) is 23.5 Å². The highest BCUT2D eigenvalue weighted by molar-refractivity contribution is 7.20. The van der Waals surface area contributed by atoms with Crippen LogP contribution in [-0.2, 0) is 6.18 Å². The first-order chi connectivity index (χ1) is 12.6. The molecular weight excluding hydrogens is 375 g/mol. The third-order valence-corrected chi connectivity index (χ3v) is 5.56. The average molecular weight is 393 g/mol. The number of amides is 1. The fourth-order valence-corrected chi connectivity index (χ4v) is 4.18. The van der Waals surface area contributed by atoms with Gasteiger partial charge in [-0.2, -0.15) is 13.2 Å². The van der Waals surface area contributed by atoms with Crippen LogP contribution >= 0.6 is 11.3 Å². The van der Waals surface area contributed by atoms with Crippen molar-refractivity contribution in [3.8, 4) is 0 Å². The lowest BCUT2D eigenvalue weighted by Gasteiger charge is -2.15. The summed E-state index contributed by atoms with van der Waals surface area (Å²) in [5.41, 5.74) is 1.52. The molecule has 142 valence electrons. The number of carbonyl (C=O) groups excluding carboxylic acids is 1. The number of nitrogens with one attached hydrogen (secondary N) is 1. The maximum absolute atomic E-state index is 12.7. The van der Waals surface area contributed by atoms with Crippen LogP contribution < -0.4 is 5.32 Å². The highest BCUT2D eigenvalue weighted by Gasteiger charge is 2.30. The van der Waals surface area contributed by atoms with Gasteiger partial charge in [0.05, 0.1) is 16.5 Å². The SMILES string of the molecule is Cc1nc(C)c2c(C)c(C(=O)NC(C)c3ccc(C(F)(F)F)cc3)sc2n1. The van der Waals surface area contributed by atoms with E-state index in [4.69, 9.17) is 0 Å². The monoisotopic (exact) mass is 393 g/mol. The number of hydrogen-bond acceptors (Lipinski definition) is 4. The summed E-state index contributed by atoms with van der Waals surface area (Å²) in [6.07, 6.45) is -4.38. The molecule has 2 heterocycles. The number of hydrogen-bond donors (Lipinski definition) is 1. The molecule has 0 aliphatic heterocycles. The number of halogens is 3. The molecule has 4 nitrogen and oxygen atoms in total. The van der Waals surface area contributed by atoms with E-state index in [1.807, 2.05) is 13.8 Å². The molecule has 0 radical (unpaired) electrons. The van der Waals surface area contributed by atoms with Gasteiger partial charge in [-0.25, -0.2) is 9.97 Å². The van der Waals surface area contributed by atoms with E-state index >= 15 is 0 Å². The van der Waals surface area contributed by atoms with Crippen molar-refractivity contribution in [3.63, 3.8) is 0 Å². The van der Waals surface area contributed by atoms with Gasteiger partial charge in [-0.3, -0.25) is 4.79 Å². The number of alkyl halides is 3. The summed E-state index contributed by atoms with van der Waals surface area (Å²) in [6, 6.07) is 4.36. The predicted molar refractivity (Wildman–Crippen MR) is 99.0 cm³/mol. The lowest BCUT2D eigenvalue weighted by Crippen LogP contribution is -2.26. The van der Waals surface area contributed by atoms with Crippen LogP contribution in [0.3, 0.4) is 0 Å². The van der Waals surface area contributed by atoms with E-state index in [-0.39, 0.29) is 5.91 Å². The highest BCUT2D eigenvalue weighted by Crippen LogP contribution is 2.32. The molecule has 0 bridgehead atoms. The molecule has 0 saturated carbocycles. The smallest absolute Gasteiger partial charge is 0.345 e. The third-order valence-electron chi connectivity index (χ3n) is 4.37. The zero-order valence-electron chi connectivity index (χ0n) is 15.2. The van der Waals surface area contributed by atoms with Crippen molar-refractivity contribution in [1.29, 1.82) is 0 Å². The average Bonchev–Trinajstić information content (AvgIpc) is 2.91. The lowest BCUT2D eigenvalue weighted by molar-refractivity contribution is -0.137. The largest absolute Gasteiger partial charge is 0.416 e. The summed E-state index contributed by atoms with van der Waals surface area (Å²) < 4.78 is 38.0. The summed E-state index contributed by atoms with van der Waals surface area (Å²) in [7, 11) is 0. The summed E-state index contributed by atoms with van der Waals surface area (Å²) in [4.78, 5) is 22.7. The summed E-state index contributed by atoms with van der Waals surface area (Å²) >= 11 is 1.29. The fourth-order valence-electron chi connectivity index (χ4n) is 3.00. The first kappa shape index (κ1) is 19.3. The Hall–Kier alpha value is -2.48. The summed E-state index contributed by atoms with van der Waals surface area (Å²) in [5, 5.41) is 3.72. The number of aryl methyl sites for hydroxylation is 3. The molecule has 3 aromatic rings. The van der Waals surface area contributed by atoms with Crippen molar-refractivity contribution in [2.75, 3.05) is 0 Å². The molecule has 0 spiro atoms. The second-order valence-corrected chi connectivity index (χ2v) is 7.41. The van der Waals surface area contributed by atoms with Crippen LogP contribution in [0.4, 0.5) is 13.2 Å². The molecule has 1 unspecified atom stereocenters. The fraction of sp³-hybridized carbons (Fsp3) is 0.316. The summed E-state index contributed by atoms with van der Waals surface area (Å²) in [6.45, 7) is 7.26. The van der Waals surface area contributed by atoms with Gasteiger partial charge in [0.25, 0.3) is 5.91 Å². The molecule has 0 fully saturated rings. The maximum Gasteiger partial charge on any atom is 0.416 e. The molecule has 27 heavy (non-hydrogen) atoms. The van der Waals surface area contributed by atoms with Crippen LogP contribution in [0, 0.1) is 20.8 Å². The van der Waals surface area contributed by atoms with Crippen molar-refractivity contribution < 1.29 is 18.0 Å². The Kier molecular flexibility index (Phi) is 4.94. The van der Waals surface area contributed by atoms with Gasteiger partial charge in [-0.1, -0.05) is 12.1 Å². The van der Waals surface area contributed by atoms with Gasteiger partial charge < -0.3 is 5.32 Å². The van der Waals surface area contributed by atoms with Gasteiger partial charge in [-0.05, 0) is 51.0 Å². The lowest BCUT2D eigenvalue weighted by atomic mass is 10.1. The summed E-state index contributed by atoms with van der Waals surface area (Å²) in [5.74, 6) is 0.367. The van der Waals surface area contributed by atoms with Gasteiger partial charge in [-0.15, -0.1) is 11.3 Å². The number of aromatic nitrogens is 2. The molecule has 8 heteroatoms. The molecule has 1 amide bonds. The van der Waals surface area contributed by atoms with Gasteiger partial charge in [0, 0.05) is 11.1 Å². The van der Waals surface area contributed by atoms with Crippen LogP contribution in [0.15, 0.2) is 24.3 Å². The van der Waals surface area contributed by atoms with Crippen molar-refractivity contribution >= 4 is 27.5 Å².